The molecule has 0 aliphatic carbocycles. The van der Waals surface area contributed by atoms with Crippen LogP contribution in [0.1, 0.15) is 41.5 Å². The molecule has 2 aromatic carbocycles. The fourth-order valence-corrected chi connectivity index (χ4v) is 3.86. The van der Waals surface area contributed by atoms with Gasteiger partial charge in [-0.05, 0) is 90.1 Å². The zero-order valence-electron chi connectivity index (χ0n) is 15.3. The van der Waals surface area contributed by atoms with Crippen molar-refractivity contribution in [2.45, 2.75) is 62.5 Å². The monoisotopic (exact) mass is 362 g/mol. The average molecular weight is 363 g/mol. The van der Waals surface area contributed by atoms with Crippen LogP contribution in [0.3, 0.4) is 0 Å². The molecule has 0 aliphatic rings. The van der Waals surface area contributed by atoms with Crippen molar-refractivity contribution in [3.63, 3.8) is 0 Å². The van der Waals surface area contributed by atoms with Gasteiger partial charge in [0, 0.05) is 9.79 Å². The summed E-state index contributed by atoms with van der Waals surface area (Å²) >= 11 is 0. The van der Waals surface area contributed by atoms with Crippen LogP contribution >= 0.6 is 21.6 Å². The van der Waals surface area contributed by atoms with Gasteiger partial charge >= 0.3 is 0 Å². The summed E-state index contributed by atoms with van der Waals surface area (Å²) in [5, 5.41) is 0. The molecule has 2 rings (SSSR count). The van der Waals surface area contributed by atoms with Crippen molar-refractivity contribution in [2.75, 3.05) is 0 Å². The molecule has 0 unspecified atom stereocenters. The quantitative estimate of drug-likeness (QED) is 0.542. The Balaban J connectivity index is 1.89. The number of hydrogen-bond donors (Lipinski definition) is 0. The van der Waals surface area contributed by atoms with Gasteiger partial charge in [-0.3, -0.25) is 0 Å². The van der Waals surface area contributed by atoms with Crippen molar-refractivity contribution in [3.8, 4) is 11.5 Å². The zero-order valence-corrected chi connectivity index (χ0v) is 16.9. The SMILES string of the molecule is CC(C)(C)Oc1ccc(SSc2ccc(OC(C)(C)C)cc2)cc1. The van der Waals surface area contributed by atoms with E-state index in [0.717, 1.165) is 11.5 Å². The molecule has 0 aromatic heterocycles. The van der Waals surface area contributed by atoms with Crippen LogP contribution in [0.15, 0.2) is 58.3 Å². The molecular formula is C20H26O2S2. The van der Waals surface area contributed by atoms with E-state index in [1.807, 2.05) is 24.3 Å². The maximum atomic E-state index is 5.84. The summed E-state index contributed by atoms with van der Waals surface area (Å²) in [5.41, 5.74) is -0.333. The minimum atomic E-state index is -0.166. The first-order valence-electron chi connectivity index (χ1n) is 8.03. The molecule has 0 amide bonds. The Morgan fingerprint density at radius 2 is 0.833 bits per heavy atom. The maximum Gasteiger partial charge on any atom is 0.120 e. The fraction of sp³-hybridized carbons (Fsp3) is 0.400. The summed E-state index contributed by atoms with van der Waals surface area (Å²) in [6, 6.07) is 16.5. The Morgan fingerprint density at radius 3 is 1.08 bits per heavy atom. The first kappa shape index (κ1) is 19.1. The summed E-state index contributed by atoms with van der Waals surface area (Å²) < 4.78 is 11.7. The van der Waals surface area contributed by atoms with Gasteiger partial charge in [0.15, 0.2) is 0 Å². The van der Waals surface area contributed by atoms with Gasteiger partial charge in [0.25, 0.3) is 0 Å². The number of ether oxygens (including phenoxy) is 2. The van der Waals surface area contributed by atoms with Crippen LogP contribution in [-0.4, -0.2) is 11.2 Å². The maximum absolute atomic E-state index is 5.84. The summed E-state index contributed by atoms with van der Waals surface area (Å²) in [7, 11) is 3.48. The van der Waals surface area contributed by atoms with Crippen molar-refractivity contribution in [1.82, 2.24) is 0 Å². The molecular weight excluding hydrogens is 336 g/mol. The smallest absolute Gasteiger partial charge is 0.120 e. The molecule has 2 aromatic rings. The van der Waals surface area contributed by atoms with Crippen LogP contribution in [0.25, 0.3) is 0 Å². The standard InChI is InChI=1S/C20H26O2S2/c1-19(2,3)21-15-7-11-17(12-8-15)23-24-18-13-9-16(10-14-18)22-20(4,5)6/h7-14H,1-6H3. The molecule has 130 valence electrons. The van der Waals surface area contributed by atoms with Crippen molar-refractivity contribution in [1.29, 1.82) is 0 Å². The van der Waals surface area contributed by atoms with E-state index < -0.39 is 0 Å². The van der Waals surface area contributed by atoms with Crippen molar-refractivity contribution < 1.29 is 9.47 Å². The molecule has 0 radical (unpaired) electrons. The molecule has 0 saturated carbocycles. The largest absolute Gasteiger partial charge is 0.488 e. The van der Waals surface area contributed by atoms with E-state index in [-0.39, 0.29) is 11.2 Å². The van der Waals surface area contributed by atoms with Crippen LogP contribution in [0.5, 0.6) is 11.5 Å². The highest BCUT2D eigenvalue weighted by Gasteiger charge is 2.12. The van der Waals surface area contributed by atoms with Gasteiger partial charge in [-0.25, -0.2) is 0 Å². The molecule has 4 heteroatoms. The van der Waals surface area contributed by atoms with E-state index in [1.54, 1.807) is 21.6 Å². The molecule has 0 N–H and O–H groups in total. The van der Waals surface area contributed by atoms with Crippen LogP contribution in [0, 0.1) is 0 Å². The fourth-order valence-electron chi connectivity index (χ4n) is 1.93. The lowest BCUT2D eigenvalue weighted by Crippen LogP contribution is -2.22. The molecule has 0 heterocycles. The number of benzene rings is 2. The van der Waals surface area contributed by atoms with Gasteiger partial charge in [-0.2, -0.15) is 0 Å². The molecule has 0 saturated heterocycles. The number of rotatable bonds is 5. The highest BCUT2D eigenvalue weighted by Crippen LogP contribution is 2.38. The summed E-state index contributed by atoms with van der Waals surface area (Å²) in [5.74, 6) is 1.81. The van der Waals surface area contributed by atoms with Crippen LogP contribution in [0.2, 0.25) is 0 Å². The summed E-state index contributed by atoms with van der Waals surface area (Å²) in [6.45, 7) is 12.3. The first-order valence-corrected chi connectivity index (χ1v) is 10.2. The van der Waals surface area contributed by atoms with Gasteiger partial charge in [-0.15, -0.1) is 0 Å². The van der Waals surface area contributed by atoms with Gasteiger partial charge in [0.1, 0.15) is 22.7 Å². The molecule has 24 heavy (non-hydrogen) atoms. The highest BCUT2D eigenvalue weighted by molar-refractivity contribution is 8.76. The topological polar surface area (TPSA) is 18.5 Å². The Hall–Kier alpha value is -1.26. The molecule has 2 nitrogen and oxygen atoms in total. The van der Waals surface area contributed by atoms with E-state index in [1.165, 1.54) is 9.79 Å². The number of hydrogen-bond acceptors (Lipinski definition) is 4. The predicted molar refractivity (Wildman–Crippen MR) is 105 cm³/mol. The van der Waals surface area contributed by atoms with Gasteiger partial charge in [0.2, 0.25) is 0 Å². The third-order valence-electron chi connectivity index (χ3n) is 2.73. The Labute approximate surface area is 153 Å². The van der Waals surface area contributed by atoms with Crippen LogP contribution in [-0.2, 0) is 0 Å². The van der Waals surface area contributed by atoms with E-state index >= 15 is 0 Å². The van der Waals surface area contributed by atoms with Crippen LogP contribution in [0.4, 0.5) is 0 Å². The molecule has 0 fully saturated rings. The summed E-state index contributed by atoms with van der Waals surface area (Å²) in [6.07, 6.45) is 0. The van der Waals surface area contributed by atoms with E-state index in [2.05, 4.69) is 65.8 Å². The molecule has 0 atom stereocenters. The highest BCUT2D eigenvalue weighted by atomic mass is 33.1. The second-order valence-corrected chi connectivity index (χ2v) is 9.81. The normalized spacial score (nSPS) is 12.1. The zero-order chi connectivity index (χ0) is 17.8. The Kier molecular flexibility index (Phi) is 6.16. The van der Waals surface area contributed by atoms with Crippen LogP contribution < -0.4 is 9.47 Å². The van der Waals surface area contributed by atoms with Crippen molar-refractivity contribution in [2.24, 2.45) is 0 Å². The average Bonchev–Trinajstić information content (AvgIpc) is 2.45. The third kappa shape index (κ3) is 7.10. The second-order valence-electron chi connectivity index (χ2n) is 7.54. The van der Waals surface area contributed by atoms with Crippen molar-refractivity contribution >= 4 is 21.6 Å². The van der Waals surface area contributed by atoms with Gasteiger partial charge in [0.05, 0.1) is 0 Å². The van der Waals surface area contributed by atoms with Crippen molar-refractivity contribution in [3.05, 3.63) is 48.5 Å². The van der Waals surface area contributed by atoms with Gasteiger partial charge in [-0.1, -0.05) is 21.6 Å². The van der Waals surface area contributed by atoms with E-state index in [0.29, 0.717) is 0 Å². The van der Waals surface area contributed by atoms with Gasteiger partial charge < -0.3 is 9.47 Å². The molecule has 0 bridgehead atoms. The second kappa shape index (κ2) is 7.75. The molecule has 0 spiro atoms. The minimum absolute atomic E-state index is 0.166. The predicted octanol–water partition coefficient (Wildman–Crippen LogP) is 6.84. The first-order chi connectivity index (χ1) is 11.1. The Morgan fingerprint density at radius 1 is 0.542 bits per heavy atom. The lowest BCUT2D eigenvalue weighted by Gasteiger charge is -2.21. The molecule has 0 aliphatic heterocycles. The van der Waals surface area contributed by atoms with E-state index in [9.17, 15) is 0 Å². The lowest BCUT2D eigenvalue weighted by molar-refractivity contribution is 0.130. The third-order valence-corrected chi connectivity index (χ3v) is 5.15. The minimum Gasteiger partial charge on any atom is -0.488 e. The summed E-state index contributed by atoms with van der Waals surface area (Å²) in [4.78, 5) is 2.41. The van der Waals surface area contributed by atoms with E-state index in [4.69, 9.17) is 9.47 Å². The lowest BCUT2D eigenvalue weighted by atomic mass is 10.2. The Bertz CT molecular complexity index is 576.